The van der Waals surface area contributed by atoms with Gasteiger partial charge < -0.3 is 18.9 Å². The van der Waals surface area contributed by atoms with Crippen LogP contribution in [0, 0.1) is 0 Å². The van der Waals surface area contributed by atoms with E-state index in [9.17, 15) is 4.79 Å². The zero-order valence-corrected chi connectivity index (χ0v) is 17.1. The maximum Gasteiger partial charge on any atom is 0.311 e. The Morgan fingerprint density at radius 3 is 2.89 bits per heavy atom. The van der Waals surface area contributed by atoms with Crippen LogP contribution in [0.25, 0.3) is 0 Å². The van der Waals surface area contributed by atoms with E-state index in [1.807, 2.05) is 18.2 Å². The largest absolute Gasteiger partial charge is 0.493 e. The van der Waals surface area contributed by atoms with Crippen molar-refractivity contribution in [1.82, 2.24) is 4.98 Å². The quantitative estimate of drug-likeness (QED) is 0.250. The molecule has 0 unspecified atom stereocenters. The molecule has 0 radical (unpaired) electrons. The van der Waals surface area contributed by atoms with Gasteiger partial charge in [0.25, 0.3) is 0 Å². The van der Waals surface area contributed by atoms with Crippen LogP contribution in [0.1, 0.15) is 24.6 Å². The van der Waals surface area contributed by atoms with E-state index in [0.717, 1.165) is 12.0 Å². The van der Waals surface area contributed by atoms with Gasteiger partial charge in [0.15, 0.2) is 11.5 Å². The molecule has 1 aromatic carbocycles. The first-order chi connectivity index (χ1) is 13.7. The third-order valence-corrected chi connectivity index (χ3v) is 4.29. The molecular formula is C19H25N3O5S. The van der Waals surface area contributed by atoms with Crippen LogP contribution in [0.3, 0.4) is 0 Å². The van der Waals surface area contributed by atoms with Gasteiger partial charge in [-0.05, 0) is 30.7 Å². The lowest BCUT2D eigenvalue weighted by molar-refractivity contribution is -0.142. The second kappa shape index (κ2) is 11.9. The SMILES string of the molecule is CCOC(=O)Cc1csc(NN=Cc2ccc(OC)c(OCCCOC)c2)n1. The molecule has 0 amide bonds. The zero-order chi connectivity index (χ0) is 20.2. The number of hydrazone groups is 1. The van der Waals surface area contributed by atoms with E-state index in [1.165, 1.54) is 11.3 Å². The van der Waals surface area contributed by atoms with Gasteiger partial charge in [-0.1, -0.05) is 0 Å². The van der Waals surface area contributed by atoms with Crippen molar-refractivity contribution in [3.05, 3.63) is 34.8 Å². The molecule has 1 heterocycles. The molecule has 9 heteroatoms. The van der Waals surface area contributed by atoms with Crippen LogP contribution in [0.15, 0.2) is 28.7 Å². The van der Waals surface area contributed by atoms with Crippen LogP contribution in [-0.4, -0.2) is 51.2 Å². The molecule has 0 saturated carbocycles. The number of carbonyl (C=O) groups is 1. The molecule has 0 aliphatic heterocycles. The highest BCUT2D eigenvalue weighted by Gasteiger charge is 2.08. The average molecular weight is 407 g/mol. The molecule has 8 nitrogen and oxygen atoms in total. The first-order valence-corrected chi connectivity index (χ1v) is 9.73. The molecule has 0 spiro atoms. The monoisotopic (exact) mass is 407 g/mol. The highest BCUT2D eigenvalue weighted by atomic mass is 32.1. The summed E-state index contributed by atoms with van der Waals surface area (Å²) in [6.07, 6.45) is 2.60. The summed E-state index contributed by atoms with van der Waals surface area (Å²) in [6.45, 7) is 3.30. The van der Waals surface area contributed by atoms with E-state index in [-0.39, 0.29) is 12.4 Å². The first kappa shape index (κ1) is 21.6. The Hall–Kier alpha value is -2.65. The van der Waals surface area contributed by atoms with Gasteiger partial charge in [0.1, 0.15) is 0 Å². The fraction of sp³-hybridized carbons (Fsp3) is 0.421. The minimum atomic E-state index is -0.292. The standard InChI is InChI=1S/C19H25N3O5S/c1-4-26-18(23)11-15-13-28-19(21-15)22-20-12-14-6-7-16(25-3)17(10-14)27-9-5-8-24-2/h6-7,10,12-13H,4-5,8-9,11H2,1-3H3,(H,21,22). The second-order valence-corrected chi connectivity index (χ2v) is 6.46. The highest BCUT2D eigenvalue weighted by Crippen LogP contribution is 2.27. The summed E-state index contributed by atoms with van der Waals surface area (Å²) < 4.78 is 21.0. The number of carbonyl (C=O) groups excluding carboxylic acids is 1. The second-order valence-electron chi connectivity index (χ2n) is 5.60. The molecule has 1 N–H and O–H groups in total. The number of hydrogen-bond donors (Lipinski definition) is 1. The molecule has 0 aliphatic rings. The minimum absolute atomic E-state index is 0.151. The van der Waals surface area contributed by atoms with E-state index < -0.39 is 0 Å². The predicted molar refractivity (Wildman–Crippen MR) is 109 cm³/mol. The van der Waals surface area contributed by atoms with Crippen LogP contribution in [0.2, 0.25) is 0 Å². The summed E-state index contributed by atoms with van der Waals surface area (Å²) in [5.74, 6) is 1.01. The molecule has 0 bridgehead atoms. The number of ether oxygens (including phenoxy) is 4. The Kier molecular flexibility index (Phi) is 9.23. The van der Waals surface area contributed by atoms with Gasteiger partial charge in [-0.25, -0.2) is 4.98 Å². The van der Waals surface area contributed by atoms with Gasteiger partial charge >= 0.3 is 5.97 Å². The Morgan fingerprint density at radius 1 is 1.29 bits per heavy atom. The van der Waals surface area contributed by atoms with Crippen molar-refractivity contribution in [2.45, 2.75) is 19.8 Å². The molecule has 1 aromatic heterocycles. The van der Waals surface area contributed by atoms with Gasteiger partial charge in [0.2, 0.25) is 5.13 Å². The third-order valence-electron chi connectivity index (χ3n) is 3.49. The molecular weight excluding hydrogens is 382 g/mol. The summed E-state index contributed by atoms with van der Waals surface area (Å²) in [5, 5.41) is 6.58. The minimum Gasteiger partial charge on any atom is -0.493 e. The van der Waals surface area contributed by atoms with Gasteiger partial charge in [-0.15, -0.1) is 11.3 Å². The zero-order valence-electron chi connectivity index (χ0n) is 16.3. The Bertz CT molecular complexity index is 779. The van der Waals surface area contributed by atoms with Crippen molar-refractivity contribution in [1.29, 1.82) is 0 Å². The van der Waals surface area contributed by atoms with Crippen LogP contribution < -0.4 is 14.9 Å². The number of thiazole rings is 1. The summed E-state index contributed by atoms with van der Waals surface area (Å²) in [5.41, 5.74) is 4.36. The van der Waals surface area contributed by atoms with Crippen molar-refractivity contribution in [2.75, 3.05) is 39.5 Å². The van der Waals surface area contributed by atoms with Crippen molar-refractivity contribution in [3.8, 4) is 11.5 Å². The molecule has 0 atom stereocenters. The van der Waals surface area contributed by atoms with Crippen LogP contribution in [0.5, 0.6) is 11.5 Å². The average Bonchev–Trinajstić information content (AvgIpc) is 3.12. The fourth-order valence-electron chi connectivity index (χ4n) is 2.23. The third kappa shape index (κ3) is 7.16. The van der Waals surface area contributed by atoms with E-state index in [1.54, 1.807) is 32.7 Å². The Labute approximate surface area is 168 Å². The van der Waals surface area contributed by atoms with E-state index >= 15 is 0 Å². The number of benzene rings is 1. The van der Waals surface area contributed by atoms with E-state index in [2.05, 4.69) is 15.5 Å². The number of aromatic nitrogens is 1. The number of esters is 1. The number of nitrogens with zero attached hydrogens (tertiary/aromatic N) is 2. The molecule has 0 fully saturated rings. The summed E-state index contributed by atoms with van der Waals surface area (Å²) in [7, 11) is 3.26. The number of hydrogen-bond acceptors (Lipinski definition) is 9. The maximum absolute atomic E-state index is 11.5. The van der Waals surface area contributed by atoms with E-state index in [0.29, 0.717) is 42.1 Å². The molecule has 152 valence electrons. The Balaban J connectivity index is 1.92. The topological polar surface area (TPSA) is 91.3 Å². The van der Waals surface area contributed by atoms with Gasteiger partial charge in [-0.2, -0.15) is 5.10 Å². The van der Waals surface area contributed by atoms with Gasteiger partial charge in [0.05, 0.1) is 38.7 Å². The normalized spacial score (nSPS) is 10.8. The predicted octanol–water partition coefficient (Wildman–Crippen LogP) is 3.12. The Morgan fingerprint density at radius 2 is 2.14 bits per heavy atom. The lowest BCUT2D eigenvalue weighted by atomic mass is 10.2. The summed E-state index contributed by atoms with van der Waals surface area (Å²) >= 11 is 1.37. The number of rotatable bonds is 12. The molecule has 28 heavy (non-hydrogen) atoms. The summed E-state index contributed by atoms with van der Waals surface area (Å²) in [6, 6.07) is 5.55. The van der Waals surface area contributed by atoms with Gasteiger partial charge in [-0.3, -0.25) is 10.2 Å². The van der Waals surface area contributed by atoms with Crippen LogP contribution in [-0.2, 0) is 20.7 Å². The van der Waals surface area contributed by atoms with Gasteiger partial charge in [0, 0.05) is 25.5 Å². The van der Waals surface area contributed by atoms with E-state index in [4.69, 9.17) is 18.9 Å². The smallest absolute Gasteiger partial charge is 0.311 e. The van der Waals surface area contributed by atoms with Crippen LogP contribution >= 0.6 is 11.3 Å². The van der Waals surface area contributed by atoms with Crippen molar-refractivity contribution >= 4 is 28.7 Å². The number of nitrogens with one attached hydrogen (secondary N) is 1. The van der Waals surface area contributed by atoms with Crippen molar-refractivity contribution in [2.24, 2.45) is 5.10 Å². The van der Waals surface area contributed by atoms with Crippen molar-refractivity contribution in [3.63, 3.8) is 0 Å². The first-order valence-electron chi connectivity index (χ1n) is 8.85. The number of methoxy groups -OCH3 is 2. The molecule has 0 aliphatic carbocycles. The number of anilines is 1. The van der Waals surface area contributed by atoms with Crippen LogP contribution in [0.4, 0.5) is 5.13 Å². The van der Waals surface area contributed by atoms with Crippen molar-refractivity contribution < 1.29 is 23.7 Å². The maximum atomic E-state index is 11.5. The fourth-order valence-corrected chi connectivity index (χ4v) is 2.89. The lowest BCUT2D eigenvalue weighted by Crippen LogP contribution is -2.07. The summed E-state index contributed by atoms with van der Waals surface area (Å²) in [4.78, 5) is 15.8. The lowest BCUT2D eigenvalue weighted by Gasteiger charge is -2.11. The molecule has 0 saturated heterocycles. The highest BCUT2D eigenvalue weighted by molar-refractivity contribution is 7.13. The molecule has 2 rings (SSSR count). The molecule has 2 aromatic rings.